The van der Waals surface area contributed by atoms with Crippen molar-refractivity contribution in [1.82, 2.24) is 0 Å². The minimum Gasteiger partial charge on any atom is -0.326 e. The fourth-order valence-electron chi connectivity index (χ4n) is 3.19. The molecule has 0 fully saturated rings. The predicted octanol–water partition coefficient (Wildman–Crippen LogP) is 3.99. The maximum atomic E-state index is 12.7. The third-order valence-corrected chi connectivity index (χ3v) is 4.77. The summed E-state index contributed by atoms with van der Waals surface area (Å²) in [6, 6.07) is 19.4. The molecule has 3 amide bonds. The van der Waals surface area contributed by atoms with E-state index < -0.39 is 0 Å². The number of nitrogens with one attached hydrogen (secondary N) is 3. The van der Waals surface area contributed by atoms with Crippen LogP contribution < -0.4 is 16.0 Å². The van der Waals surface area contributed by atoms with E-state index >= 15 is 0 Å². The Bertz CT molecular complexity index is 1120. The van der Waals surface area contributed by atoms with Gasteiger partial charge in [-0.15, -0.1) is 0 Å². The number of amides is 3. The SMILES string of the molecule is Cc1ccc(C(=O)Nc2ccc3c(c2)CC(=O)N3)cc1NC(=O)c1ccccc1. The lowest BCUT2D eigenvalue weighted by Gasteiger charge is -2.12. The summed E-state index contributed by atoms with van der Waals surface area (Å²) >= 11 is 0. The van der Waals surface area contributed by atoms with E-state index in [2.05, 4.69) is 16.0 Å². The lowest BCUT2D eigenvalue weighted by molar-refractivity contribution is -0.115. The molecule has 0 unspecified atom stereocenters. The Morgan fingerprint density at radius 1 is 0.862 bits per heavy atom. The number of aryl methyl sites for hydroxylation is 1. The van der Waals surface area contributed by atoms with Crippen LogP contribution in [0.25, 0.3) is 0 Å². The molecule has 144 valence electrons. The lowest BCUT2D eigenvalue weighted by atomic mass is 10.1. The first-order chi connectivity index (χ1) is 14.0. The smallest absolute Gasteiger partial charge is 0.255 e. The van der Waals surface area contributed by atoms with Crippen LogP contribution in [0.5, 0.6) is 0 Å². The number of benzene rings is 3. The van der Waals surface area contributed by atoms with Crippen molar-refractivity contribution in [1.29, 1.82) is 0 Å². The normalized spacial score (nSPS) is 12.1. The maximum Gasteiger partial charge on any atom is 0.255 e. The van der Waals surface area contributed by atoms with E-state index in [0.29, 0.717) is 28.9 Å². The molecule has 0 spiro atoms. The Balaban J connectivity index is 1.51. The number of rotatable bonds is 4. The van der Waals surface area contributed by atoms with Crippen molar-refractivity contribution in [2.45, 2.75) is 13.3 Å². The van der Waals surface area contributed by atoms with Gasteiger partial charge < -0.3 is 16.0 Å². The first-order valence-corrected chi connectivity index (χ1v) is 9.21. The standard InChI is InChI=1S/C23H19N3O3/c1-14-7-8-16(12-20(14)26-22(28)15-5-3-2-4-6-15)23(29)24-18-9-10-19-17(11-18)13-21(27)25-19/h2-12H,13H2,1H3,(H,24,29)(H,25,27)(H,26,28). The quantitative estimate of drug-likeness (QED) is 0.634. The third kappa shape index (κ3) is 4.01. The molecule has 1 heterocycles. The van der Waals surface area contributed by atoms with E-state index in [9.17, 15) is 14.4 Å². The fourth-order valence-corrected chi connectivity index (χ4v) is 3.19. The second kappa shape index (κ2) is 7.59. The zero-order chi connectivity index (χ0) is 20.4. The molecule has 6 nitrogen and oxygen atoms in total. The summed E-state index contributed by atoms with van der Waals surface area (Å²) in [6.07, 6.45) is 0.305. The van der Waals surface area contributed by atoms with E-state index in [1.54, 1.807) is 60.7 Å². The monoisotopic (exact) mass is 385 g/mol. The van der Waals surface area contributed by atoms with Crippen LogP contribution in [0.15, 0.2) is 66.7 Å². The molecule has 29 heavy (non-hydrogen) atoms. The topological polar surface area (TPSA) is 87.3 Å². The van der Waals surface area contributed by atoms with Crippen molar-refractivity contribution in [2.75, 3.05) is 16.0 Å². The summed E-state index contributed by atoms with van der Waals surface area (Å²) in [7, 11) is 0. The van der Waals surface area contributed by atoms with Gasteiger partial charge in [0.15, 0.2) is 0 Å². The largest absolute Gasteiger partial charge is 0.326 e. The lowest BCUT2D eigenvalue weighted by Crippen LogP contribution is -2.15. The average molecular weight is 385 g/mol. The molecular formula is C23H19N3O3. The molecular weight excluding hydrogens is 366 g/mol. The molecule has 3 aromatic carbocycles. The second-order valence-electron chi connectivity index (χ2n) is 6.90. The van der Waals surface area contributed by atoms with Gasteiger partial charge >= 0.3 is 0 Å². The van der Waals surface area contributed by atoms with Gasteiger partial charge in [0.2, 0.25) is 5.91 Å². The van der Waals surface area contributed by atoms with Crippen LogP contribution >= 0.6 is 0 Å². The molecule has 1 aliphatic heterocycles. The van der Waals surface area contributed by atoms with Crippen LogP contribution in [-0.2, 0) is 11.2 Å². The highest BCUT2D eigenvalue weighted by molar-refractivity contribution is 6.08. The summed E-state index contributed by atoms with van der Waals surface area (Å²) in [5, 5.41) is 8.47. The number of fused-ring (bicyclic) bond motifs is 1. The minimum atomic E-state index is -0.294. The van der Waals surface area contributed by atoms with Crippen LogP contribution in [0.3, 0.4) is 0 Å². The molecule has 3 aromatic rings. The van der Waals surface area contributed by atoms with E-state index in [1.165, 1.54) is 0 Å². The van der Waals surface area contributed by atoms with Crippen molar-refractivity contribution in [3.05, 3.63) is 89.0 Å². The molecule has 4 rings (SSSR count). The van der Waals surface area contributed by atoms with Gasteiger partial charge in [-0.2, -0.15) is 0 Å². The molecule has 6 heteroatoms. The van der Waals surface area contributed by atoms with Crippen LogP contribution in [-0.4, -0.2) is 17.7 Å². The van der Waals surface area contributed by atoms with Crippen molar-refractivity contribution in [3.63, 3.8) is 0 Å². The van der Waals surface area contributed by atoms with Crippen LogP contribution in [0.1, 0.15) is 31.8 Å². The van der Waals surface area contributed by atoms with Gasteiger partial charge in [0.25, 0.3) is 11.8 Å². The van der Waals surface area contributed by atoms with Crippen LogP contribution in [0.2, 0.25) is 0 Å². The molecule has 3 N–H and O–H groups in total. The zero-order valence-electron chi connectivity index (χ0n) is 15.8. The summed E-state index contributed by atoms with van der Waals surface area (Å²) < 4.78 is 0. The Morgan fingerprint density at radius 2 is 1.62 bits per heavy atom. The molecule has 0 atom stereocenters. The molecule has 0 aromatic heterocycles. The Labute approximate surface area is 167 Å². The van der Waals surface area contributed by atoms with E-state index in [1.807, 2.05) is 13.0 Å². The van der Waals surface area contributed by atoms with Gasteiger partial charge in [-0.3, -0.25) is 14.4 Å². The van der Waals surface area contributed by atoms with E-state index in [-0.39, 0.29) is 17.7 Å². The third-order valence-electron chi connectivity index (χ3n) is 4.77. The number of hydrogen-bond donors (Lipinski definition) is 3. The van der Waals surface area contributed by atoms with Crippen molar-refractivity contribution < 1.29 is 14.4 Å². The number of anilines is 3. The highest BCUT2D eigenvalue weighted by Gasteiger charge is 2.18. The Hall–Kier alpha value is -3.93. The summed E-state index contributed by atoms with van der Waals surface area (Å²) in [6.45, 7) is 1.87. The first kappa shape index (κ1) is 18.4. The molecule has 0 radical (unpaired) electrons. The molecule has 0 aliphatic carbocycles. The minimum absolute atomic E-state index is 0.0548. The summed E-state index contributed by atoms with van der Waals surface area (Å²) in [5.41, 5.74) is 4.64. The predicted molar refractivity (Wildman–Crippen MR) is 112 cm³/mol. The fraction of sp³-hybridized carbons (Fsp3) is 0.0870. The number of hydrogen-bond acceptors (Lipinski definition) is 3. The highest BCUT2D eigenvalue weighted by atomic mass is 16.2. The van der Waals surface area contributed by atoms with E-state index in [4.69, 9.17) is 0 Å². The Kier molecular flexibility index (Phi) is 4.83. The molecule has 0 saturated heterocycles. The number of carbonyl (C=O) groups is 3. The van der Waals surface area contributed by atoms with E-state index in [0.717, 1.165) is 16.8 Å². The summed E-state index contributed by atoms with van der Waals surface area (Å²) in [4.78, 5) is 36.6. The highest BCUT2D eigenvalue weighted by Crippen LogP contribution is 2.26. The van der Waals surface area contributed by atoms with Gasteiger partial charge in [-0.1, -0.05) is 24.3 Å². The second-order valence-corrected chi connectivity index (χ2v) is 6.90. The maximum absolute atomic E-state index is 12.7. The molecule has 0 bridgehead atoms. The van der Waals surface area contributed by atoms with Gasteiger partial charge in [0.05, 0.1) is 6.42 Å². The van der Waals surface area contributed by atoms with Gasteiger partial charge in [-0.05, 0) is 60.5 Å². The first-order valence-electron chi connectivity index (χ1n) is 9.21. The Morgan fingerprint density at radius 3 is 2.41 bits per heavy atom. The van der Waals surface area contributed by atoms with Crippen molar-refractivity contribution >= 4 is 34.8 Å². The van der Waals surface area contributed by atoms with Gasteiger partial charge in [0, 0.05) is 28.2 Å². The zero-order valence-corrected chi connectivity index (χ0v) is 15.8. The van der Waals surface area contributed by atoms with Gasteiger partial charge in [-0.25, -0.2) is 0 Å². The van der Waals surface area contributed by atoms with Crippen molar-refractivity contribution in [2.24, 2.45) is 0 Å². The molecule has 0 saturated carbocycles. The number of carbonyl (C=O) groups excluding carboxylic acids is 3. The van der Waals surface area contributed by atoms with Crippen LogP contribution in [0, 0.1) is 6.92 Å². The van der Waals surface area contributed by atoms with Gasteiger partial charge in [0.1, 0.15) is 0 Å². The van der Waals surface area contributed by atoms with Crippen LogP contribution in [0.4, 0.5) is 17.1 Å². The summed E-state index contributed by atoms with van der Waals surface area (Å²) in [5.74, 6) is -0.583. The average Bonchev–Trinajstić information content (AvgIpc) is 3.09. The molecule has 1 aliphatic rings. The van der Waals surface area contributed by atoms with Crippen molar-refractivity contribution in [3.8, 4) is 0 Å².